The van der Waals surface area contributed by atoms with Crippen LogP contribution in [0, 0.1) is 10.1 Å². The van der Waals surface area contributed by atoms with Gasteiger partial charge in [0.15, 0.2) is 0 Å². The van der Waals surface area contributed by atoms with Crippen molar-refractivity contribution < 1.29 is 13.3 Å². The highest BCUT2D eigenvalue weighted by Crippen LogP contribution is 2.22. The van der Waals surface area contributed by atoms with E-state index in [-0.39, 0.29) is 22.4 Å². The van der Waals surface area contributed by atoms with Crippen LogP contribution in [0.4, 0.5) is 5.69 Å². The predicted octanol–water partition coefficient (Wildman–Crippen LogP) is 3.74. The van der Waals surface area contributed by atoms with Crippen LogP contribution in [0.15, 0.2) is 94.6 Å². The second-order valence-corrected chi connectivity index (χ2v) is 8.50. The Kier molecular flexibility index (Phi) is 4.93. The Balaban J connectivity index is 1.95. The van der Waals surface area contributed by atoms with Gasteiger partial charge in [-0.1, -0.05) is 48.5 Å². The summed E-state index contributed by atoms with van der Waals surface area (Å²) in [6.07, 6.45) is 0.229. The van der Waals surface area contributed by atoms with E-state index in [1.54, 1.807) is 30.3 Å². The average molecular weight is 420 g/mol. The number of pyridine rings is 1. The van der Waals surface area contributed by atoms with Gasteiger partial charge in [0.1, 0.15) is 0 Å². The van der Waals surface area contributed by atoms with E-state index in [0.29, 0.717) is 11.1 Å². The third-order valence-electron chi connectivity index (χ3n) is 4.77. The van der Waals surface area contributed by atoms with Crippen molar-refractivity contribution in [2.75, 3.05) is 0 Å². The van der Waals surface area contributed by atoms with Crippen LogP contribution >= 0.6 is 0 Å². The fourth-order valence-electron chi connectivity index (χ4n) is 3.33. The molecule has 150 valence electrons. The van der Waals surface area contributed by atoms with Crippen LogP contribution in [-0.4, -0.2) is 17.3 Å². The zero-order valence-electron chi connectivity index (χ0n) is 15.6. The summed E-state index contributed by atoms with van der Waals surface area (Å²) >= 11 is 0. The molecule has 4 rings (SSSR count). The summed E-state index contributed by atoms with van der Waals surface area (Å²) in [5.41, 5.74) is 0.268. The fourth-order valence-corrected chi connectivity index (χ4v) is 4.77. The van der Waals surface area contributed by atoms with Crippen molar-refractivity contribution in [3.63, 3.8) is 0 Å². The lowest BCUT2D eigenvalue weighted by atomic mass is 10.1. The quantitative estimate of drug-likeness (QED) is 0.362. The van der Waals surface area contributed by atoms with Crippen LogP contribution in [0.25, 0.3) is 10.8 Å². The number of nitrogens with zero attached hydrogens (tertiary/aromatic N) is 2. The van der Waals surface area contributed by atoms with Gasteiger partial charge in [-0.2, -0.15) is 0 Å². The maximum Gasteiger partial charge on any atom is 0.272 e. The molecule has 30 heavy (non-hydrogen) atoms. The minimum absolute atomic E-state index is 0.195. The van der Waals surface area contributed by atoms with E-state index in [4.69, 9.17) is 0 Å². The highest BCUT2D eigenvalue weighted by molar-refractivity contribution is 7.90. The minimum atomic E-state index is -4.27. The van der Waals surface area contributed by atoms with E-state index in [2.05, 4.69) is 0 Å². The van der Waals surface area contributed by atoms with Crippen LogP contribution in [0.3, 0.4) is 0 Å². The lowest BCUT2D eigenvalue weighted by Crippen LogP contribution is -2.30. The molecule has 0 radical (unpaired) electrons. The molecule has 0 spiro atoms. The average Bonchev–Trinajstić information content (AvgIpc) is 2.74. The maximum atomic E-state index is 13.4. The normalized spacial score (nSPS) is 11.5. The van der Waals surface area contributed by atoms with E-state index in [1.165, 1.54) is 0 Å². The first-order chi connectivity index (χ1) is 14.4. The Bertz CT molecular complexity index is 1410. The van der Waals surface area contributed by atoms with Gasteiger partial charge in [-0.15, -0.1) is 0 Å². The molecule has 1 aromatic heterocycles. The molecule has 0 amide bonds. The molecular formula is C22H16N2O5S. The summed E-state index contributed by atoms with van der Waals surface area (Å²) < 4.78 is 27.6. The Morgan fingerprint density at radius 3 is 2.17 bits per heavy atom. The minimum Gasteiger partial charge on any atom is -0.268 e. The van der Waals surface area contributed by atoms with Crippen LogP contribution in [0.1, 0.15) is 11.3 Å². The fraction of sp³-hybridized carbons (Fsp3) is 0.0455. The molecule has 0 aliphatic rings. The number of nitro groups is 1. The zero-order valence-corrected chi connectivity index (χ0v) is 16.5. The molecule has 0 N–H and O–H groups in total. The van der Waals surface area contributed by atoms with E-state index >= 15 is 0 Å². The first kappa shape index (κ1) is 19.5. The van der Waals surface area contributed by atoms with Crippen molar-refractivity contribution in [1.29, 1.82) is 0 Å². The molecule has 0 saturated carbocycles. The molecule has 0 atom stereocenters. The second-order valence-electron chi connectivity index (χ2n) is 6.71. The van der Waals surface area contributed by atoms with Crippen LogP contribution in [0.5, 0.6) is 0 Å². The van der Waals surface area contributed by atoms with Crippen molar-refractivity contribution >= 4 is 26.5 Å². The molecule has 3 aromatic carbocycles. The number of aromatic nitrogens is 1. The van der Waals surface area contributed by atoms with E-state index in [0.717, 1.165) is 33.8 Å². The number of benzene rings is 3. The summed E-state index contributed by atoms with van der Waals surface area (Å²) in [7, 11) is -4.27. The number of hydrogen-bond acceptors (Lipinski definition) is 5. The van der Waals surface area contributed by atoms with Crippen molar-refractivity contribution in [3.05, 3.63) is 117 Å². The largest absolute Gasteiger partial charge is 0.272 e. The molecule has 0 saturated heterocycles. The standard InChI is InChI=1S/C22H16N2O5S/c25-22-21-9-5-4-8-17(21)15-19(14-16-6-2-1-3-7-16)23(22)30(28,29)20-12-10-18(11-13-20)24(26)27/h1-13,15H,14H2. The summed E-state index contributed by atoms with van der Waals surface area (Å²) in [5.74, 6) is 0. The molecule has 1 heterocycles. The Hall–Kier alpha value is -3.78. The third-order valence-corrected chi connectivity index (χ3v) is 6.52. The van der Waals surface area contributed by atoms with Crippen molar-refractivity contribution in [2.24, 2.45) is 0 Å². The number of rotatable bonds is 5. The summed E-state index contributed by atoms with van der Waals surface area (Å²) in [6, 6.07) is 22.2. The van der Waals surface area contributed by atoms with E-state index in [1.807, 2.05) is 30.3 Å². The summed E-state index contributed by atoms with van der Waals surface area (Å²) in [4.78, 5) is 23.3. The molecular weight excluding hydrogens is 404 g/mol. The van der Waals surface area contributed by atoms with Crippen LogP contribution in [0.2, 0.25) is 0 Å². The molecule has 0 unspecified atom stereocenters. The van der Waals surface area contributed by atoms with Crippen molar-refractivity contribution in [3.8, 4) is 0 Å². The van der Waals surface area contributed by atoms with E-state index < -0.39 is 20.5 Å². The Morgan fingerprint density at radius 1 is 0.867 bits per heavy atom. The van der Waals surface area contributed by atoms with Crippen molar-refractivity contribution in [1.82, 2.24) is 3.97 Å². The summed E-state index contributed by atoms with van der Waals surface area (Å²) in [5, 5.41) is 11.8. The maximum absolute atomic E-state index is 13.4. The van der Waals surface area contributed by atoms with Gasteiger partial charge >= 0.3 is 0 Å². The molecule has 0 aliphatic heterocycles. The van der Waals surface area contributed by atoms with Crippen LogP contribution in [-0.2, 0) is 16.4 Å². The molecule has 4 aromatic rings. The van der Waals surface area contributed by atoms with Gasteiger partial charge in [0.2, 0.25) is 0 Å². The van der Waals surface area contributed by atoms with Gasteiger partial charge in [0.05, 0.1) is 9.82 Å². The number of hydrogen-bond donors (Lipinski definition) is 0. The van der Waals surface area contributed by atoms with Gasteiger partial charge in [0, 0.05) is 29.6 Å². The Morgan fingerprint density at radius 2 is 1.50 bits per heavy atom. The van der Waals surface area contributed by atoms with Gasteiger partial charge in [-0.3, -0.25) is 14.9 Å². The highest BCUT2D eigenvalue weighted by atomic mass is 32.2. The molecule has 8 heteroatoms. The van der Waals surface area contributed by atoms with Gasteiger partial charge < -0.3 is 0 Å². The molecule has 0 bridgehead atoms. The van der Waals surface area contributed by atoms with Gasteiger partial charge in [0.25, 0.3) is 21.3 Å². The topological polar surface area (TPSA) is 99.3 Å². The van der Waals surface area contributed by atoms with Gasteiger partial charge in [-0.05, 0) is 35.2 Å². The van der Waals surface area contributed by atoms with E-state index in [9.17, 15) is 23.3 Å². The van der Waals surface area contributed by atoms with Crippen LogP contribution < -0.4 is 5.56 Å². The number of fused-ring (bicyclic) bond motifs is 1. The highest BCUT2D eigenvalue weighted by Gasteiger charge is 2.24. The predicted molar refractivity (Wildman–Crippen MR) is 113 cm³/mol. The monoisotopic (exact) mass is 420 g/mol. The molecule has 7 nitrogen and oxygen atoms in total. The smallest absolute Gasteiger partial charge is 0.268 e. The third kappa shape index (κ3) is 3.48. The lowest BCUT2D eigenvalue weighted by Gasteiger charge is -2.15. The zero-order chi connectivity index (χ0) is 21.3. The number of non-ortho nitro benzene ring substituents is 1. The first-order valence-electron chi connectivity index (χ1n) is 9.05. The summed E-state index contributed by atoms with van der Waals surface area (Å²) in [6.45, 7) is 0. The first-order valence-corrected chi connectivity index (χ1v) is 10.5. The van der Waals surface area contributed by atoms with Gasteiger partial charge in [-0.25, -0.2) is 12.4 Å². The SMILES string of the molecule is O=c1c2ccccc2cc(Cc2ccccc2)n1S(=O)(=O)c1ccc([N+](=O)[O-])cc1. The Labute approximate surface area is 172 Å². The second kappa shape index (κ2) is 7.57. The lowest BCUT2D eigenvalue weighted by molar-refractivity contribution is -0.384. The van der Waals surface area contributed by atoms with Crippen molar-refractivity contribution in [2.45, 2.75) is 11.3 Å². The molecule has 0 fully saturated rings. The number of nitro benzene ring substituents is 1. The molecule has 0 aliphatic carbocycles.